The van der Waals surface area contributed by atoms with Crippen molar-refractivity contribution in [2.75, 3.05) is 0 Å². The predicted molar refractivity (Wildman–Crippen MR) is 66.9 cm³/mol. The molecule has 82 valence electrons. The first-order valence-electron chi connectivity index (χ1n) is 5.45. The van der Waals surface area contributed by atoms with Gasteiger partial charge in [-0.3, -0.25) is 4.98 Å². The molecular formula is C15H7N3. The summed E-state index contributed by atoms with van der Waals surface area (Å²) >= 11 is 0. The van der Waals surface area contributed by atoms with E-state index in [1.165, 1.54) is 0 Å². The van der Waals surface area contributed by atoms with Gasteiger partial charge in [-0.1, -0.05) is 24.3 Å². The molecule has 1 aromatic heterocycles. The minimum Gasteiger partial charge on any atom is -0.264 e. The first-order chi connectivity index (χ1) is 8.86. The minimum absolute atomic E-state index is 0.134. The van der Waals surface area contributed by atoms with Crippen LogP contribution in [0, 0.1) is 22.7 Å². The molecule has 0 atom stereocenters. The van der Waals surface area contributed by atoms with Crippen molar-refractivity contribution in [2.45, 2.75) is 0 Å². The van der Waals surface area contributed by atoms with E-state index in [4.69, 9.17) is 10.5 Å². The maximum atomic E-state index is 9.09. The number of hydrogen-bond acceptors (Lipinski definition) is 3. The molecule has 3 heteroatoms. The largest absolute Gasteiger partial charge is 0.264 e. The number of rotatable bonds is 0. The number of nitrogens with zero attached hydrogens (tertiary/aromatic N) is 3. The van der Waals surface area contributed by atoms with Gasteiger partial charge in [-0.2, -0.15) is 10.5 Å². The maximum absolute atomic E-state index is 9.09. The van der Waals surface area contributed by atoms with Crippen LogP contribution in [0.25, 0.3) is 16.7 Å². The highest BCUT2D eigenvalue weighted by atomic mass is 14.6. The molecule has 0 amide bonds. The summed E-state index contributed by atoms with van der Waals surface area (Å²) in [7, 11) is 0. The monoisotopic (exact) mass is 229 g/mol. The van der Waals surface area contributed by atoms with Crippen LogP contribution < -0.4 is 0 Å². The molecule has 1 aromatic carbocycles. The van der Waals surface area contributed by atoms with Crippen LogP contribution in [0.5, 0.6) is 0 Å². The number of pyridine rings is 1. The van der Waals surface area contributed by atoms with Gasteiger partial charge >= 0.3 is 0 Å². The van der Waals surface area contributed by atoms with Crippen LogP contribution >= 0.6 is 0 Å². The number of nitriles is 2. The second kappa shape index (κ2) is 3.84. The standard InChI is InChI=1S/C15H7N3/c16-7-10(8-17)15-13-4-2-1-3-11(13)12-5-6-18-9-14(12)15/h1-6,9H. The zero-order valence-electron chi connectivity index (χ0n) is 9.38. The lowest BCUT2D eigenvalue weighted by molar-refractivity contribution is 1.32. The molecule has 0 saturated heterocycles. The summed E-state index contributed by atoms with van der Waals surface area (Å²) in [5.74, 6) is 0. The van der Waals surface area contributed by atoms with E-state index in [9.17, 15) is 0 Å². The van der Waals surface area contributed by atoms with Crippen LogP contribution in [-0.2, 0) is 0 Å². The van der Waals surface area contributed by atoms with E-state index in [0.717, 1.165) is 22.3 Å². The fourth-order valence-electron chi connectivity index (χ4n) is 2.32. The molecule has 3 nitrogen and oxygen atoms in total. The Bertz CT molecular complexity index is 694. The summed E-state index contributed by atoms with van der Waals surface area (Å²) in [6.07, 6.45) is 3.43. The maximum Gasteiger partial charge on any atom is 0.138 e. The third-order valence-corrected chi connectivity index (χ3v) is 3.05. The van der Waals surface area contributed by atoms with Gasteiger partial charge in [-0.05, 0) is 22.8 Å². The number of hydrogen-bond donors (Lipinski definition) is 0. The minimum atomic E-state index is 0.134. The predicted octanol–water partition coefficient (Wildman–Crippen LogP) is 2.91. The number of fused-ring (bicyclic) bond motifs is 3. The van der Waals surface area contributed by atoms with Crippen LogP contribution in [-0.4, -0.2) is 4.98 Å². The van der Waals surface area contributed by atoms with Crippen LogP contribution in [0.3, 0.4) is 0 Å². The highest BCUT2D eigenvalue weighted by Gasteiger charge is 2.25. The molecule has 1 aliphatic carbocycles. The Hall–Kier alpha value is -2.91. The van der Waals surface area contributed by atoms with Crippen molar-refractivity contribution in [2.24, 2.45) is 0 Å². The molecule has 0 bridgehead atoms. The first-order valence-corrected chi connectivity index (χ1v) is 5.45. The fraction of sp³-hybridized carbons (Fsp3) is 0. The third-order valence-electron chi connectivity index (χ3n) is 3.05. The lowest BCUT2D eigenvalue weighted by atomic mass is 10.0. The quantitative estimate of drug-likeness (QED) is 0.557. The summed E-state index contributed by atoms with van der Waals surface area (Å²) in [4.78, 5) is 4.09. The Morgan fingerprint density at radius 2 is 1.56 bits per heavy atom. The van der Waals surface area contributed by atoms with Crippen LogP contribution in [0.2, 0.25) is 0 Å². The summed E-state index contributed by atoms with van der Waals surface area (Å²) in [5, 5.41) is 18.2. The summed E-state index contributed by atoms with van der Waals surface area (Å²) < 4.78 is 0. The number of allylic oxidation sites excluding steroid dienone is 1. The van der Waals surface area contributed by atoms with Crippen molar-refractivity contribution in [3.63, 3.8) is 0 Å². The Kier molecular flexibility index (Phi) is 2.19. The van der Waals surface area contributed by atoms with E-state index >= 15 is 0 Å². The van der Waals surface area contributed by atoms with Gasteiger partial charge in [0.1, 0.15) is 17.7 Å². The molecule has 0 radical (unpaired) electrons. The summed E-state index contributed by atoms with van der Waals surface area (Å²) in [6, 6.07) is 13.6. The Labute approximate surface area is 104 Å². The van der Waals surface area contributed by atoms with Crippen molar-refractivity contribution in [3.05, 3.63) is 59.4 Å². The van der Waals surface area contributed by atoms with Gasteiger partial charge in [-0.15, -0.1) is 0 Å². The fourth-order valence-corrected chi connectivity index (χ4v) is 2.32. The average Bonchev–Trinajstić information content (AvgIpc) is 2.76. The molecule has 2 aromatic rings. The second-order valence-corrected chi connectivity index (χ2v) is 3.94. The van der Waals surface area contributed by atoms with E-state index in [2.05, 4.69) is 4.98 Å². The Balaban J connectivity index is 2.47. The topological polar surface area (TPSA) is 60.5 Å². The van der Waals surface area contributed by atoms with Crippen molar-refractivity contribution >= 4 is 5.57 Å². The van der Waals surface area contributed by atoms with Crippen molar-refractivity contribution in [3.8, 4) is 23.3 Å². The van der Waals surface area contributed by atoms with E-state index < -0.39 is 0 Å². The van der Waals surface area contributed by atoms with Gasteiger partial charge in [-0.25, -0.2) is 0 Å². The highest BCUT2D eigenvalue weighted by Crippen LogP contribution is 2.44. The van der Waals surface area contributed by atoms with Gasteiger partial charge < -0.3 is 0 Å². The smallest absolute Gasteiger partial charge is 0.138 e. The summed E-state index contributed by atoms with van der Waals surface area (Å²) in [6.45, 7) is 0. The molecule has 0 spiro atoms. The Morgan fingerprint density at radius 3 is 2.28 bits per heavy atom. The third kappa shape index (κ3) is 1.25. The van der Waals surface area contributed by atoms with Gasteiger partial charge in [0.05, 0.1) is 0 Å². The van der Waals surface area contributed by atoms with Gasteiger partial charge in [0, 0.05) is 23.5 Å². The number of aromatic nitrogens is 1. The van der Waals surface area contributed by atoms with Crippen LogP contribution in [0.4, 0.5) is 0 Å². The average molecular weight is 229 g/mol. The van der Waals surface area contributed by atoms with Gasteiger partial charge in [0.25, 0.3) is 0 Å². The summed E-state index contributed by atoms with van der Waals surface area (Å²) in [5.41, 5.74) is 4.69. The molecule has 0 unspecified atom stereocenters. The van der Waals surface area contributed by atoms with Crippen molar-refractivity contribution in [1.29, 1.82) is 10.5 Å². The molecule has 1 heterocycles. The molecule has 0 aliphatic heterocycles. The van der Waals surface area contributed by atoms with Crippen LogP contribution in [0.15, 0.2) is 48.3 Å². The van der Waals surface area contributed by atoms with Crippen molar-refractivity contribution < 1.29 is 0 Å². The molecule has 0 saturated carbocycles. The normalized spacial score (nSPS) is 11.1. The van der Waals surface area contributed by atoms with E-state index in [1.54, 1.807) is 12.4 Å². The van der Waals surface area contributed by atoms with E-state index in [-0.39, 0.29) is 5.57 Å². The zero-order valence-corrected chi connectivity index (χ0v) is 9.38. The van der Waals surface area contributed by atoms with Crippen molar-refractivity contribution in [1.82, 2.24) is 4.98 Å². The van der Waals surface area contributed by atoms with E-state index in [0.29, 0.717) is 5.57 Å². The first kappa shape index (κ1) is 10.3. The second-order valence-electron chi connectivity index (χ2n) is 3.94. The van der Waals surface area contributed by atoms with Crippen LogP contribution in [0.1, 0.15) is 11.1 Å². The SMILES string of the molecule is N#CC(C#N)=C1c2ccccc2-c2ccncc21. The molecule has 0 N–H and O–H groups in total. The Morgan fingerprint density at radius 1 is 0.889 bits per heavy atom. The number of benzene rings is 1. The van der Waals surface area contributed by atoms with E-state index in [1.807, 2.05) is 42.5 Å². The van der Waals surface area contributed by atoms with Gasteiger partial charge in [0.2, 0.25) is 0 Å². The lowest BCUT2D eigenvalue weighted by Gasteiger charge is -2.00. The van der Waals surface area contributed by atoms with Gasteiger partial charge in [0.15, 0.2) is 0 Å². The molecule has 1 aliphatic rings. The molecular weight excluding hydrogens is 222 g/mol. The molecule has 0 fully saturated rings. The molecule has 3 rings (SSSR count). The highest BCUT2D eigenvalue weighted by molar-refractivity contribution is 6.03. The molecule has 18 heavy (non-hydrogen) atoms. The zero-order chi connectivity index (χ0) is 12.5. The lowest BCUT2D eigenvalue weighted by Crippen LogP contribution is -1.87.